The molecule has 4 nitrogen and oxygen atoms in total. The van der Waals surface area contributed by atoms with E-state index in [4.69, 9.17) is 20.9 Å². The van der Waals surface area contributed by atoms with Crippen molar-refractivity contribution in [3.8, 4) is 23.0 Å². The zero-order valence-corrected chi connectivity index (χ0v) is 34.0. The van der Waals surface area contributed by atoms with Crippen molar-refractivity contribution in [1.29, 1.82) is 0 Å². The van der Waals surface area contributed by atoms with Crippen LogP contribution in [0.5, 0.6) is 23.0 Å². The summed E-state index contributed by atoms with van der Waals surface area (Å²) >= 11 is 0. The van der Waals surface area contributed by atoms with E-state index in [2.05, 4.69) is 55.5 Å². The summed E-state index contributed by atoms with van der Waals surface area (Å²) in [6.45, 7) is 2.30. The molecule has 2 fully saturated rings. The molecule has 4 aromatic carbocycles. The molecule has 2 aliphatic carbocycles. The smallest absolute Gasteiger partial charge is 0.129 e. The van der Waals surface area contributed by atoms with Gasteiger partial charge >= 0.3 is 0 Å². The van der Waals surface area contributed by atoms with Crippen LogP contribution >= 0.6 is 0 Å². The number of unbranched alkanes of at least 4 members (excludes halogenated alkanes) is 12. The van der Waals surface area contributed by atoms with E-state index < -0.39 is 0 Å². The maximum Gasteiger partial charge on any atom is 0.129 e. The topological polar surface area (TPSA) is 70.5 Å². The fourth-order valence-corrected chi connectivity index (χ4v) is 9.86. The predicted molar refractivity (Wildman–Crippen MR) is 233 cm³/mol. The van der Waals surface area contributed by atoms with Gasteiger partial charge in [-0.15, -0.1) is 0 Å². The maximum absolute atomic E-state index is 6.19. The Morgan fingerprint density at radius 3 is 1.33 bits per heavy atom. The van der Waals surface area contributed by atoms with Gasteiger partial charge in [-0.2, -0.15) is 0 Å². The molecule has 6 rings (SSSR count). The second-order valence-corrected chi connectivity index (χ2v) is 17.1. The Bertz CT molecular complexity index is 1570. The Balaban J connectivity index is 0.988. The van der Waals surface area contributed by atoms with Crippen LogP contribution in [0.2, 0.25) is 0 Å². The van der Waals surface area contributed by atoms with Crippen molar-refractivity contribution < 1.29 is 9.47 Å². The fraction of sp³-hybridized carbons (Fsp3) is 0.529. The summed E-state index contributed by atoms with van der Waals surface area (Å²) in [7, 11) is 0. The minimum absolute atomic E-state index is 0.0344. The molecule has 4 N–H and O–H groups in total. The van der Waals surface area contributed by atoms with E-state index >= 15 is 0 Å². The van der Waals surface area contributed by atoms with Gasteiger partial charge in [0.1, 0.15) is 23.0 Å². The lowest BCUT2D eigenvalue weighted by Crippen LogP contribution is -2.35. The summed E-state index contributed by atoms with van der Waals surface area (Å²) in [6.07, 6.45) is 30.9. The average molecular weight is 743 g/mol. The van der Waals surface area contributed by atoms with Crippen LogP contribution in [-0.2, 0) is 5.41 Å². The number of ether oxygens (including phenoxy) is 2. The van der Waals surface area contributed by atoms with Gasteiger partial charge in [0.05, 0.1) is 0 Å². The summed E-state index contributed by atoms with van der Waals surface area (Å²) in [4.78, 5) is 0. The Hall–Kier alpha value is -3.92. The van der Waals surface area contributed by atoms with E-state index in [1.807, 2.05) is 48.5 Å². The molecule has 0 unspecified atom stereocenters. The second-order valence-electron chi connectivity index (χ2n) is 17.1. The van der Waals surface area contributed by atoms with E-state index in [1.54, 1.807) is 0 Å². The van der Waals surface area contributed by atoms with Crippen LogP contribution < -0.4 is 20.9 Å². The first kappa shape index (κ1) is 40.7. The molecule has 0 aliphatic heterocycles. The fourth-order valence-electron chi connectivity index (χ4n) is 9.86. The standard InChI is InChI=1S/C51H70N2O2/c1-2-3-4-5-6-7-8-9-10-11-12-13-14-17-40-22-24-41(25-23-40)42-34-36-51(37-35-42,43-26-30-47(31-27-43)54-49-20-15-18-45(52)38-49)44-28-32-48(33-29-44)55-50-21-16-19-46(53)39-50/h15-16,18-21,26-33,38-42H,2-14,17,22-25,34-37,52-53H2,1H3. The van der Waals surface area contributed by atoms with Crippen LogP contribution in [-0.4, -0.2) is 0 Å². The third kappa shape index (κ3) is 12.3. The molecular formula is C51H70N2O2. The van der Waals surface area contributed by atoms with Gasteiger partial charge in [0.2, 0.25) is 0 Å². The first-order chi connectivity index (χ1) is 27.0. The zero-order valence-electron chi connectivity index (χ0n) is 34.0. The van der Waals surface area contributed by atoms with Crippen molar-refractivity contribution in [2.24, 2.45) is 17.8 Å². The van der Waals surface area contributed by atoms with E-state index in [-0.39, 0.29) is 5.41 Å². The van der Waals surface area contributed by atoms with Gasteiger partial charge in [-0.25, -0.2) is 0 Å². The van der Waals surface area contributed by atoms with Crippen LogP contribution in [0.4, 0.5) is 11.4 Å². The summed E-state index contributed by atoms with van der Waals surface area (Å²) in [5.74, 6) is 5.88. The lowest BCUT2D eigenvalue weighted by molar-refractivity contribution is 0.140. The van der Waals surface area contributed by atoms with Crippen LogP contribution in [0.3, 0.4) is 0 Å². The van der Waals surface area contributed by atoms with Gasteiger partial charge in [-0.1, -0.05) is 146 Å². The number of nitrogens with two attached hydrogens (primary N) is 2. The number of hydrogen-bond donors (Lipinski definition) is 2. The first-order valence-corrected chi connectivity index (χ1v) is 22.3. The van der Waals surface area contributed by atoms with Crippen molar-refractivity contribution in [2.75, 3.05) is 11.5 Å². The summed E-state index contributed by atoms with van der Waals surface area (Å²) in [6, 6.07) is 33.0. The van der Waals surface area contributed by atoms with Gasteiger partial charge in [0, 0.05) is 28.9 Å². The highest BCUT2D eigenvalue weighted by atomic mass is 16.5. The van der Waals surface area contributed by atoms with Gasteiger partial charge < -0.3 is 20.9 Å². The molecule has 2 aliphatic rings. The van der Waals surface area contributed by atoms with Gasteiger partial charge in [-0.3, -0.25) is 0 Å². The molecule has 0 spiro atoms. The summed E-state index contributed by atoms with van der Waals surface area (Å²) in [5.41, 5.74) is 16.1. The lowest BCUT2D eigenvalue weighted by atomic mass is 9.60. The van der Waals surface area contributed by atoms with Crippen molar-refractivity contribution in [3.63, 3.8) is 0 Å². The van der Waals surface area contributed by atoms with Crippen molar-refractivity contribution in [2.45, 2.75) is 154 Å². The number of rotatable bonds is 21. The largest absolute Gasteiger partial charge is 0.457 e. The van der Waals surface area contributed by atoms with Crippen molar-refractivity contribution >= 4 is 11.4 Å². The number of nitrogen functional groups attached to an aromatic ring is 2. The van der Waals surface area contributed by atoms with Crippen molar-refractivity contribution in [1.82, 2.24) is 0 Å². The highest BCUT2D eigenvalue weighted by Crippen LogP contribution is 2.51. The monoisotopic (exact) mass is 743 g/mol. The van der Waals surface area contributed by atoms with Gasteiger partial charge in [0.15, 0.2) is 0 Å². The molecule has 0 radical (unpaired) electrons. The third-order valence-corrected chi connectivity index (χ3v) is 13.2. The molecule has 296 valence electrons. The first-order valence-electron chi connectivity index (χ1n) is 22.3. The molecule has 55 heavy (non-hydrogen) atoms. The second kappa shape index (κ2) is 21.4. The van der Waals surface area contributed by atoms with Crippen LogP contribution in [0, 0.1) is 17.8 Å². The quantitative estimate of drug-likeness (QED) is 0.0659. The Morgan fingerprint density at radius 1 is 0.473 bits per heavy atom. The number of benzene rings is 4. The molecule has 4 aromatic rings. The SMILES string of the molecule is CCCCCCCCCCCCCCCC1CCC(C2CCC(c3ccc(Oc4cccc(N)c4)cc3)(c3ccc(Oc4cccc(N)c4)cc3)CC2)CC1. The molecule has 0 amide bonds. The summed E-state index contributed by atoms with van der Waals surface area (Å²) < 4.78 is 12.4. The minimum atomic E-state index is -0.0344. The molecule has 2 saturated carbocycles. The van der Waals surface area contributed by atoms with E-state index in [1.165, 1.54) is 152 Å². The van der Waals surface area contributed by atoms with Gasteiger partial charge in [-0.05, 0) is 116 Å². The van der Waals surface area contributed by atoms with Gasteiger partial charge in [0.25, 0.3) is 0 Å². The Morgan fingerprint density at radius 2 is 0.891 bits per heavy atom. The lowest BCUT2D eigenvalue weighted by Gasteiger charge is -2.44. The highest BCUT2D eigenvalue weighted by Gasteiger charge is 2.41. The van der Waals surface area contributed by atoms with Crippen LogP contribution in [0.1, 0.15) is 159 Å². The average Bonchev–Trinajstić information content (AvgIpc) is 3.21. The Labute approximate surface area is 333 Å². The van der Waals surface area contributed by atoms with E-state index in [0.29, 0.717) is 11.4 Å². The van der Waals surface area contributed by atoms with Crippen molar-refractivity contribution in [3.05, 3.63) is 108 Å². The zero-order chi connectivity index (χ0) is 38.1. The summed E-state index contributed by atoms with van der Waals surface area (Å²) in [5, 5.41) is 0. The molecule has 4 heteroatoms. The van der Waals surface area contributed by atoms with E-state index in [9.17, 15) is 0 Å². The highest BCUT2D eigenvalue weighted by molar-refractivity contribution is 5.48. The molecule has 0 aromatic heterocycles. The number of hydrogen-bond acceptors (Lipinski definition) is 4. The molecule has 0 atom stereocenters. The molecule has 0 heterocycles. The molecule has 0 bridgehead atoms. The third-order valence-electron chi connectivity index (χ3n) is 13.2. The van der Waals surface area contributed by atoms with Crippen LogP contribution in [0.15, 0.2) is 97.1 Å². The van der Waals surface area contributed by atoms with E-state index in [0.717, 1.165) is 40.8 Å². The predicted octanol–water partition coefficient (Wildman–Crippen LogP) is 15.2. The number of anilines is 2. The normalized spacial score (nSPS) is 18.6. The van der Waals surface area contributed by atoms with Crippen LogP contribution in [0.25, 0.3) is 0 Å². The molecule has 0 saturated heterocycles. The maximum atomic E-state index is 6.19. The minimum Gasteiger partial charge on any atom is -0.457 e. The molecular weight excluding hydrogens is 673 g/mol. The Kier molecular flexibility index (Phi) is 15.8.